The second-order valence-electron chi connectivity index (χ2n) is 5.93. The summed E-state index contributed by atoms with van der Waals surface area (Å²) in [5.41, 5.74) is 0. The second kappa shape index (κ2) is 3.89. The largest absolute Gasteiger partial charge is 0.479 e. The molecule has 3 aliphatic heterocycles. The molecule has 3 rings (SSSR count). The third kappa shape index (κ3) is 2.15. The van der Waals surface area contributed by atoms with Gasteiger partial charge in [0, 0.05) is 0 Å². The number of hydrogen-bond donors (Lipinski definition) is 1. The first-order valence-corrected chi connectivity index (χ1v) is 6.28. The van der Waals surface area contributed by atoms with Crippen molar-refractivity contribution in [3.8, 4) is 0 Å². The zero-order valence-electron chi connectivity index (χ0n) is 11.3. The maximum Gasteiger partial charge on any atom is 0.335 e. The molecule has 0 aliphatic carbocycles. The number of carbonyl (C=O) groups is 1. The van der Waals surface area contributed by atoms with Crippen molar-refractivity contribution in [2.75, 3.05) is 0 Å². The van der Waals surface area contributed by atoms with Gasteiger partial charge in [0.1, 0.15) is 18.3 Å². The summed E-state index contributed by atoms with van der Waals surface area (Å²) in [6.07, 6.45) is -3.58. The summed E-state index contributed by atoms with van der Waals surface area (Å²) in [5, 5.41) is 9.25. The van der Waals surface area contributed by atoms with Gasteiger partial charge in [-0.15, -0.1) is 0 Å². The van der Waals surface area contributed by atoms with E-state index in [0.717, 1.165) is 0 Å². The van der Waals surface area contributed by atoms with Crippen LogP contribution in [0.1, 0.15) is 27.7 Å². The van der Waals surface area contributed by atoms with Crippen LogP contribution in [0.15, 0.2) is 0 Å². The lowest BCUT2D eigenvalue weighted by atomic mass is 9.99. The van der Waals surface area contributed by atoms with Crippen LogP contribution >= 0.6 is 0 Å². The lowest BCUT2D eigenvalue weighted by Crippen LogP contribution is -2.57. The van der Waals surface area contributed by atoms with Gasteiger partial charge >= 0.3 is 5.97 Å². The Morgan fingerprint density at radius 1 is 0.895 bits per heavy atom. The van der Waals surface area contributed by atoms with E-state index in [1.807, 2.05) is 0 Å². The van der Waals surface area contributed by atoms with Gasteiger partial charge in [-0.2, -0.15) is 0 Å². The average Bonchev–Trinajstić information content (AvgIpc) is 2.70. The number of ether oxygens (including phenoxy) is 5. The van der Waals surface area contributed by atoms with E-state index in [2.05, 4.69) is 0 Å². The molecule has 3 aliphatic rings. The van der Waals surface area contributed by atoms with Gasteiger partial charge in [0.05, 0.1) is 0 Å². The summed E-state index contributed by atoms with van der Waals surface area (Å²) in [5.74, 6) is -2.79. The minimum Gasteiger partial charge on any atom is -0.479 e. The van der Waals surface area contributed by atoms with Gasteiger partial charge in [0.25, 0.3) is 0 Å². The van der Waals surface area contributed by atoms with Crippen LogP contribution in [0.3, 0.4) is 0 Å². The average molecular weight is 274 g/mol. The Bertz CT molecular complexity index is 405. The van der Waals surface area contributed by atoms with E-state index in [1.54, 1.807) is 27.7 Å². The van der Waals surface area contributed by atoms with E-state index in [-0.39, 0.29) is 0 Å². The number of rotatable bonds is 1. The Morgan fingerprint density at radius 2 is 1.42 bits per heavy atom. The number of carboxylic acids is 1. The highest BCUT2D eigenvalue weighted by molar-refractivity contribution is 5.73. The Morgan fingerprint density at radius 3 is 2.05 bits per heavy atom. The number of hydrogen-bond acceptors (Lipinski definition) is 6. The molecule has 3 fully saturated rings. The van der Waals surface area contributed by atoms with Crippen molar-refractivity contribution in [3.63, 3.8) is 0 Å². The number of fused-ring (bicyclic) bond motifs is 3. The van der Waals surface area contributed by atoms with Gasteiger partial charge in [-0.1, -0.05) is 0 Å². The maximum atomic E-state index is 11.3. The van der Waals surface area contributed by atoms with E-state index in [0.29, 0.717) is 0 Å². The minimum absolute atomic E-state index is 0.489. The molecule has 108 valence electrons. The van der Waals surface area contributed by atoms with Gasteiger partial charge in [-0.25, -0.2) is 4.79 Å². The summed E-state index contributed by atoms with van der Waals surface area (Å²) < 4.78 is 28.2. The van der Waals surface area contributed by atoms with Crippen LogP contribution in [0.5, 0.6) is 0 Å². The predicted octanol–water partition coefficient (Wildman–Crippen LogP) is 0.467. The zero-order chi connectivity index (χ0) is 14.0. The van der Waals surface area contributed by atoms with Gasteiger partial charge in [-0.05, 0) is 27.7 Å². The molecule has 0 unspecified atom stereocenters. The fourth-order valence-electron chi connectivity index (χ4n) is 2.81. The summed E-state index contributed by atoms with van der Waals surface area (Å²) in [6.45, 7) is 6.97. The highest BCUT2D eigenvalue weighted by atomic mass is 16.9. The Labute approximate surface area is 110 Å². The molecule has 3 heterocycles. The minimum atomic E-state index is -1.12. The summed E-state index contributed by atoms with van der Waals surface area (Å²) in [7, 11) is 0. The molecule has 0 bridgehead atoms. The van der Waals surface area contributed by atoms with Gasteiger partial charge in [-0.3, -0.25) is 0 Å². The third-order valence-corrected chi connectivity index (χ3v) is 3.40. The van der Waals surface area contributed by atoms with Crippen LogP contribution in [0.25, 0.3) is 0 Å². The monoisotopic (exact) mass is 274 g/mol. The smallest absolute Gasteiger partial charge is 0.335 e. The Balaban J connectivity index is 1.91. The van der Waals surface area contributed by atoms with E-state index >= 15 is 0 Å². The van der Waals surface area contributed by atoms with Crippen molar-refractivity contribution in [1.82, 2.24) is 0 Å². The van der Waals surface area contributed by atoms with Crippen molar-refractivity contribution in [1.29, 1.82) is 0 Å². The first-order valence-electron chi connectivity index (χ1n) is 6.28. The normalized spacial score (nSPS) is 46.6. The fourth-order valence-corrected chi connectivity index (χ4v) is 2.81. The molecule has 0 spiro atoms. The molecule has 0 aromatic rings. The lowest BCUT2D eigenvalue weighted by molar-refractivity contribution is -0.237. The van der Waals surface area contributed by atoms with Gasteiger partial charge in [0.2, 0.25) is 0 Å². The zero-order valence-corrected chi connectivity index (χ0v) is 11.3. The molecule has 0 saturated carbocycles. The standard InChI is InChI=1S/C12H18O7/c1-11(2)16-5-6(17-11)8-10(15-7(5)9(13)14)19-12(3,4)18-8/h5-8,10H,1-4H3,(H,13,14)/t5-,6-,7+,8-,10-/m1/s1. The van der Waals surface area contributed by atoms with E-state index < -0.39 is 48.2 Å². The van der Waals surface area contributed by atoms with Crippen LogP contribution < -0.4 is 0 Å². The maximum absolute atomic E-state index is 11.3. The first kappa shape index (κ1) is 13.3. The summed E-state index contributed by atoms with van der Waals surface area (Å²) in [6, 6.07) is 0. The quantitative estimate of drug-likeness (QED) is 0.744. The summed E-state index contributed by atoms with van der Waals surface area (Å²) >= 11 is 0. The van der Waals surface area contributed by atoms with Crippen LogP contribution in [0, 0.1) is 0 Å². The predicted molar refractivity (Wildman–Crippen MR) is 60.2 cm³/mol. The molecule has 3 saturated heterocycles. The molecule has 7 nitrogen and oxygen atoms in total. The third-order valence-electron chi connectivity index (χ3n) is 3.40. The Kier molecular flexibility index (Phi) is 2.72. The molecule has 0 radical (unpaired) electrons. The van der Waals surface area contributed by atoms with Gasteiger partial charge < -0.3 is 28.8 Å². The van der Waals surface area contributed by atoms with Gasteiger partial charge in [0.15, 0.2) is 24.0 Å². The highest BCUT2D eigenvalue weighted by Gasteiger charge is 2.62. The van der Waals surface area contributed by atoms with Crippen LogP contribution in [-0.2, 0) is 28.5 Å². The lowest BCUT2D eigenvalue weighted by Gasteiger charge is -2.35. The molecular weight excluding hydrogens is 256 g/mol. The van der Waals surface area contributed by atoms with E-state index in [4.69, 9.17) is 23.7 Å². The van der Waals surface area contributed by atoms with Crippen molar-refractivity contribution in [3.05, 3.63) is 0 Å². The van der Waals surface area contributed by atoms with Crippen molar-refractivity contribution in [2.45, 2.75) is 70.0 Å². The molecule has 19 heavy (non-hydrogen) atoms. The van der Waals surface area contributed by atoms with Crippen LogP contribution in [-0.4, -0.2) is 53.4 Å². The SMILES string of the molecule is CC1(C)O[C@@H]2[C@@H](O1)[C@@H](C(=O)O)O[C@@H]1OC(C)(C)O[C@@H]12. The van der Waals surface area contributed by atoms with Crippen molar-refractivity contribution in [2.24, 2.45) is 0 Å². The number of carboxylic acid groups (broad SMARTS) is 1. The van der Waals surface area contributed by atoms with E-state index in [1.165, 1.54) is 0 Å². The van der Waals surface area contributed by atoms with Crippen LogP contribution in [0.4, 0.5) is 0 Å². The Hall–Kier alpha value is -0.730. The molecule has 0 amide bonds. The number of aliphatic carboxylic acids is 1. The molecule has 5 atom stereocenters. The summed E-state index contributed by atoms with van der Waals surface area (Å²) in [4.78, 5) is 11.3. The van der Waals surface area contributed by atoms with Crippen molar-refractivity contribution >= 4 is 5.97 Å². The van der Waals surface area contributed by atoms with Crippen LogP contribution in [0.2, 0.25) is 0 Å². The molecular formula is C12H18O7. The topological polar surface area (TPSA) is 83.5 Å². The highest BCUT2D eigenvalue weighted by Crippen LogP contribution is 2.43. The van der Waals surface area contributed by atoms with E-state index in [9.17, 15) is 9.90 Å². The van der Waals surface area contributed by atoms with Crippen molar-refractivity contribution < 1.29 is 33.6 Å². The first-order chi connectivity index (χ1) is 8.69. The molecule has 7 heteroatoms. The second-order valence-corrected chi connectivity index (χ2v) is 5.93. The fraction of sp³-hybridized carbons (Fsp3) is 0.917. The molecule has 0 aromatic heterocycles. The molecule has 0 aromatic carbocycles. The molecule has 1 N–H and O–H groups in total.